The third-order valence-corrected chi connectivity index (χ3v) is 5.59. The molecular weight excluding hydrogens is 304 g/mol. The van der Waals surface area contributed by atoms with E-state index in [0.717, 1.165) is 44.3 Å². The molecule has 3 aliphatic rings. The average molecular weight is 328 g/mol. The SMILES string of the molecule is COC(=O)CCC12CCC(c3ccc(C#CCO)cc3)(CC1)CO2. The fraction of sp³-hybridized carbons (Fsp3) is 0.550. The molecule has 1 aromatic carbocycles. The summed E-state index contributed by atoms with van der Waals surface area (Å²) in [5, 5.41) is 8.77. The van der Waals surface area contributed by atoms with Crippen molar-refractivity contribution in [1.29, 1.82) is 0 Å². The van der Waals surface area contributed by atoms with E-state index in [0.29, 0.717) is 6.42 Å². The summed E-state index contributed by atoms with van der Waals surface area (Å²) in [6.07, 6.45) is 5.37. The van der Waals surface area contributed by atoms with Crippen LogP contribution < -0.4 is 0 Å². The molecule has 4 heteroatoms. The summed E-state index contributed by atoms with van der Waals surface area (Å²) in [6, 6.07) is 8.30. The first-order valence-electron chi connectivity index (χ1n) is 8.53. The molecule has 24 heavy (non-hydrogen) atoms. The largest absolute Gasteiger partial charge is 0.469 e. The molecule has 0 aromatic heterocycles. The molecule has 2 saturated heterocycles. The van der Waals surface area contributed by atoms with Gasteiger partial charge in [-0.05, 0) is 49.8 Å². The summed E-state index contributed by atoms with van der Waals surface area (Å²) in [5.41, 5.74) is 2.18. The van der Waals surface area contributed by atoms with Crippen LogP contribution in [0, 0.1) is 11.8 Å². The lowest BCUT2D eigenvalue weighted by atomic mass is 9.62. The highest BCUT2D eigenvalue weighted by Crippen LogP contribution is 2.51. The Morgan fingerprint density at radius 3 is 2.50 bits per heavy atom. The summed E-state index contributed by atoms with van der Waals surface area (Å²) in [6.45, 7) is 0.600. The predicted octanol–water partition coefficient (Wildman–Crippen LogP) is 2.56. The molecule has 0 radical (unpaired) electrons. The third kappa shape index (κ3) is 3.33. The minimum atomic E-state index is -0.157. The van der Waals surface area contributed by atoms with Crippen LogP contribution in [0.1, 0.15) is 49.7 Å². The number of rotatable bonds is 4. The van der Waals surface area contributed by atoms with Crippen LogP contribution in [0.3, 0.4) is 0 Å². The minimum Gasteiger partial charge on any atom is -0.469 e. The van der Waals surface area contributed by atoms with Crippen molar-refractivity contribution in [2.24, 2.45) is 0 Å². The molecule has 1 aromatic rings. The molecule has 0 spiro atoms. The molecule has 2 heterocycles. The summed E-state index contributed by atoms with van der Waals surface area (Å²) >= 11 is 0. The van der Waals surface area contributed by atoms with Crippen molar-refractivity contribution in [3.63, 3.8) is 0 Å². The summed E-state index contributed by atoms with van der Waals surface area (Å²) < 4.78 is 11.0. The fourth-order valence-corrected chi connectivity index (χ4v) is 3.94. The number of benzene rings is 1. The van der Waals surface area contributed by atoms with E-state index in [-0.39, 0.29) is 23.6 Å². The fourth-order valence-electron chi connectivity index (χ4n) is 3.94. The molecule has 1 aliphatic carbocycles. The number of hydrogen-bond acceptors (Lipinski definition) is 4. The molecule has 4 rings (SSSR count). The van der Waals surface area contributed by atoms with Crippen LogP contribution in [0.25, 0.3) is 0 Å². The first-order valence-corrected chi connectivity index (χ1v) is 8.53. The van der Waals surface area contributed by atoms with Gasteiger partial charge in [-0.15, -0.1) is 0 Å². The number of fused-ring (bicyclic) bond motifs is 3. The van der Waals surface area contributed by atoms with Gasteiger partial charge in [-0.2, -0.15) is 0 Å². The van der Waals surface area contributed by atoms with Crippen molar-refractivity contribution in [3.8, 4) is 11.8 Å². The van der Waals surface area contributed by atoms with E-state index in [1.54, 1.807) is 0 Å². The Kier molecular flexibility index (Phi) is 4.93. The lowest BCUT2D eigenvalue weighted by Gasteiger charge is -2.53. The average Bonchev–Trinajstić information content (AvgIpc) is 2.66. The van der Waals surface area contributed by atoms with Crippen molar-refractivity contribution in [3.05, 3.63) is 35.4 Å². The van der Waals surface area contributed by atoms with Gasteiger partial charge >= 0.3 is 5.97 Å². The van der Waals surface area contributed by atoms with E-state index < -0.39 is 0 Å². The molecule has 0 atom stereocenters. The van der Waals surface area contributed by atoms with Crippen molar-refractivity contribution in [2.75, 3.05) is 20.3 Å². The Balaban J connectivity index is 1.67. The quantitative estimate of drug-likeness (QED) is 0.682. The Hall–Kier alpha value is -1.83. The lowest BCUT2D eigenvalue weighted by Crippen LogP contribution is -2.53. The van der Waals surface area contributed by atoms with E-state index in [2.05, 4.69) is 24.0 Å². The molecular formula is C20H24O4. The maximum Gasteiger partial charge on any atom is 0.305 e. The van der Waals surface area contributed by atoms with Gasteiger partial charge in [-0.1, -0.05) is 24.0 Å². The van der Waals surface area contributed by atoms with Gasteiger partial charge in [0.1, 0.15) is 6.61 Å². The van der Waals surface area contributed by atoms with Crippen LogP contribution in [0.5, 0.6) is 0 Å². The molecule has 1 N–H and O–H groups in total. The summed E-state index contributed by atoms with van der Waals surface area (Å²) in [4.78, 5) is 11.4. The normalized spacial score (nSPS) is 28.1. The zero-order valence-electron chi connectivity index (χ0n) is 14.1. The molecule has 128 valence electrons. The first-order chi connectivity index (χ1) is 11.6. The summed E-state index contributed by atoms with van der Waals surface area (Å²) in [5.74, 6) is 5.44. The van der Waals surface area contributed by atoms with Crippen LogP contribution in [-0.2, 0) is 19.7 Å². The smallest absolute Gasteiger partial charge is 0.305 e. The number of carbonyl (C=O) groups is 1. The second-order valence-corrected chi connectivity index (χ2v) is 6.87. The maximum absolute atomic E-state index is 11.4. The predicted molar refractivity (Wildman–Crippen MR) is 90.5 cm³/mol. The standard InChI is InChI=1S/C20H24O4/c1-23-18(22)8-9-20-12-10-19(11-13-20,15-24-20)17-6-4-16(5-7-17)3-2-14-21/h4-7,21H,8-15H2,1H3. The van der Waals surface area contributed by atoms with E-state index in [4.69, 9.17) is 14.6 Å². The molecule has 4 nitrogen and oxygen atoms in total. The van der Waals surface area contributed by atoms with Gasteiger partial charge in [-0.25, -0.2) is 0 Å². The monoisotopic (exact) mass is 328 g/mol. The van der Waals surface area contributed by atoms with Gasteiger partial charge in [-0.3, -0.25) is 4.79 Å². The van der Waals surface area contributed by atoms with E-state index >= 15 is 0 Å². The van der Waals surface area contributed by atoms with Crippen molar-refractivity contribution in [2.45, 2.75) is 49.5 Å². The van der Waals surface area contributed by atoms with Crippen LogP contribution >= 0.6 is 0 Å². The number of esters is 1. The number of ether oxygens (including phenoxy) is 2. The highest BCUT2D eigenvalue weighted by molar-refractivity contribution is 5.69. The van der Waals surface area contributed by atoms with Crippen molar-refractivity contribution in [1.82, 2.24) is 0 Å². The molecule has 0 unspecified atom stereocenters. The first kappa shape index (κ1) is 17.0. The van der Waals surface area contributed by atoms with Gasteiger partial charge in [0.2, 0.25) is 0 Å². The topological polar surface area (TPSA) is 55.8 Å². The number of aliphatic hydroxyl groups excluding tert-OH is 1. The van der Waals surface area contributed by atoms with Crippen molar-refractivity contribution >= 4 is 5.97 Å². The Morgan fingerprint density at radius 2 is 1.96 bits per heavy atom. The Morgan fingerprint density at radius 1 is 1.25 bits per heavy atom. The molecule has 0 amide bonds. The van der Waals surface area contributed by atoms with Crippen LogP contribution in [0.2, 0.25) is 0 Å². The van der Waals surface area contributed by atoms with E-state index in [9.17, 15) is 4.79 Å². The molecule has 3 fully saturated rings. The Labute approximate surface area is 143 Å². The van der Waals surface area contributed by atoms with Crippen LogP contribution in [-0.4, -0.2) is 37.0 Å². The lowest BCUT2D eigenvalue weighted by molar-refractivity contribution is -0.166. The molecule has 1 saturated carbocycles. The number of hydrogen-bond donors (Lipinski definition) is 1. The van der Waals surface area contributed by atoms with Crippen molar-refractivity contribution < 1.29 is 19.4 Å². The van der Waals surface area contributed by atoms with Crippen LogP contribution in [0.4, 0.5) is 0 Å². The molecule has 2 aliphatic heterocycles. The molecule has 2 bridgehead atoms. The second-order valence-electron chi connectivity index (χ2n) is 6.87. The zero-order valence-corrected chi connectivity index (χ0v) is 14.1. The third-order valence-electron chi connectivity index (χ3n) is 5.59. The van der Waals surface area contributed by atoms with Crippen LogP contribution in [0.15, 0.2) is 24.3 Å². The Bertz CT molecular complexity index is 626. The van der Waals surface area contributed by atoms with Gasteiger partial charge in [0.25, 0.3) is 0 Å². The summed E-state index contributed by atoms with van der Waals surface area (Å²) in [7, 11) is 1.43. The maximum atomic E-state index is 11.4. The van der Waals surface area contributed by atoms with E-state index in [1.165, 1.54) is 12.7 Å². The highest BCUT2D eigenvalue weighted by atomic mass is 16.5. The van der Waals surface area contributed by atoms with Gasteiger partial charge in [0.05, 0.1) is 19.3 Å². The van der Waals surface area contributed by atoms with E-state index in [1.807, 2.05) is 12.1 Å². The zero-order chi connectivity index (χ0) is 17.0. The number of aliphatic hydroxyl groups is 1. The van der Waals surface area contributed by atoms with Gasteiger partial charge in [0, 0.05) is 17.4 Å². The number of methoxy groups -OCH3 is 1. The highest BCUT2D eigenvalue weighted by Gasteiger charge is 2.50. The van der Waals surface area contributed by atoms with Gasteiger partial charge < -0.3 is 14.6 Å². The minimum absolute atomic E-state index is 0.0932. The second kappa shape index (κ2) is 6.96. The van der Waals surface area contributed by atoms with Gasteiger partial charge in [0.15, 0.2) is 0 Å². The number of carbonyl (C=O) groups excluding carboxylic acids is 1.